The second-order valence-electron chi connectivity index (χ2n) is 8.55. The molecule has 0 aliphatic heterocycles. The average Bonchev–Trinajstić information content (AvgIpc) is 3.43. The molecule has 7 nitrogen and oxygen atoms in total. The monoisotopic (exact) mass is 450 g/mol. The van der Waals surface area contributed by atoms with Crippen molar-refractivity contribution >= 4 is 11.8 Å². The van der Waals surface area contributed by atoms with Crippen LogP contribution >= 0.6 is 0 Å². The molecule has 1 aromatic carbocycles. The minimum absolute atomic E-state index is 0.0271. The Morgan fingerprint density at radius 1 is 1.03 bits per heavy atom. The first kappa shape index (κ1) is 24.3. The molecule has 0 atom stereocenters. The van der Waals surface area contributed by atoms with Gasteiger partial charge in [-0.15, -0.1) is 0 Å². The molecule has 0 saturated carbocycles. The highest BCUT2D eigenvalue weighted by Gasteiger charge is 2.18. The molecule has 0 saturated heterocycles. The number of amides is 2. The Balaban J connectivity index is 1.66. The smallest absolute Gasteiger partial charge is 0.287 e. The van der Waals surface area contributed by atoms with E-state index < -0.39 is 0 Å². The van der Waals surface area contributed by atoms with Gasteiger partial charge >= 0.3 is 0 Å². The van der Waals surface area contributed by atoms with E-state index in [0.29, 0.717) is 43.3 Å². The van der Waals surface area contributed by atoms with Crippen LogP contribution in [0.15, 0.2) is 59.1 Å². The highest BCUT2D eigenvalue weighted by atomic mass is 16.4. The number of benzene rings is 1. The molecule has 2 heterocycles. The minimum Gasteiger partial charge on any atom is -0.454 e. The van der Waals surface area contributed by atoms with Gasteiger partial charge in [0, 0.05) is 37.1 Å². The maximum absolute atomic E-state index is 13.1. The fraction of sp³-hybridized carbons (Fsp3) is 0.385. The third kappa shape index (κ3) is 6.83. The van der Waals surface area contributed by atoms with Gasteiger partial charge in [0.25, 0.3) is 11.8 Å². The topological polar surface area (TPSA) is 70.7 Å². The molecule has 33 heavy (non-hydrogen) atoms. The van der Waals surface area contributed by atoms with Crippen LogP contribution in [0, 0.1) is 6.92 Å². The van der Waals surface area contributed by atoms with E-state index in [2.05, 4.69) is 16.8 Å². The molecule has 0 aliphatic carbocycles. The largest absolute Gasteiger partial charge is 0.454 e. The first-order valence-corrected chi connectivity index (χ1v) is 11.4. The zero-order valence-electron chi connectivity index (χ0n) is 20.0. The standard InChI is InChI=1S/C26H34N4O3/c1-5-15-30(26(32)21-10-8-20(2)9-11-21)18-22-7-6-16-29(22)19-23-12-13-24(33-23)25(31)27-14-17-28(3)4/h6-13,16H,5,14-15,17-19H2,1-4H3,(H,27,31). The van der Waals surface area contributed by atoms with Gasteiger partial charge in [0.1, 0.15) is 5.76 Å². The van der Waals surface area contributed by atoms with Crippen molar-refractivity contribution in [1.82, 2.24) is 19.7 Å². The molecular formula is C26H34N4O3. The van der Waals surface area contributed by atoms with E-state index in [0.717, 1.165) is 24.2 Å². The van der Waals surface area contributed by atoms with Gasteiger partial charge in [-0.05, 0) is 63.8 Å². The van der Waals surface area contributed by atoms with E-state index in [9.17, 15) is 9.59 Å². The van der Waals surface area contributed by atoms with E-state index >= 15 is 0 Å². The van der Waals surface area contributed by atoms with Gasteiger partial charge in [-0.1, -0.05) is 24.6 Å². The highest BCUT2D eigenvalue weighted by molar-refractivity contribution is 5.94. The summed E-state index contributed by atoms with van der Waals surface area (Å²) in [5, 5.41) is 2.86. The summed E-state index contributed by atoms with van der Waals surface area (Å²) in [4.78, 5) is 29.3. The van der Waals surface area contributed by atoms with Crippen LogP contribution in [0.2, 0.25) is 0 Å². The number of hydrogen-bond donors (Lipinski definition) is 1. The Labute approximate surface area is 196 Å². The van der Waals surface area contributed by atoms with Crippen molar-refractivity contribution in [3.63, 3.8) is 0 Å². The molecule has 0 unspecified atom stereocenters. The number of nitrogens with one attached hydrogen (secondary N) is 1. The van der Waals surface area contributed by atoms with Crippen molar-refractivity contribution in [2.75, 3.05) is 33.7 Å². The molecule has 7 heteroatoms. The van der Waals surface area contributed by atoms with Crippen LogP contribution in [0.5, 0.6) is 0 Å². The lowest BCUT2D eigenvalue weighted by Crippen LogP contribution is -2.32. The van der Waals surface area contributed by atoms with Crippen LogP contribution < -0.4 is 5.32 Å². The highest BCUT2D eigenvalue weighted by Crippen LogP contribution is 2.16. The maximum atomic E-state index is 13.1. The molecule has 2 amide bonds. The van der Waals surface area contributed by atoms with Crippen molar-refractivity contribution in [2.24, 2.45) is 0 Å². The molecule has 0 radical (unpaired) electrons. The second kappa shape index (κ2) is 11.5. The van der Waals surface area contributed by atoms with Crippen molar-refractivity contribution in [3.05, 3.63) is 83.1 Å². The quantitative estimate of drug-likeness (QED) is 0.483. The number of nitrogens with zero attached hydrogens (tertiary/aromatic N) is 3. The van der Waals surface area contributed by atoms with E-state index in [1.807, 2.05) is 79.5 Å². The summed E-state index contributed by atoms with van der Waals surface area (Å²) in [7, 11) is 3.92. The van der Waals surface area contributed by atoms with Gasteiger partial charge in [0.05, 0.1) is 13.1 Å². The van der Waals surface area contributed by atoms with E-state index in [1.54, 1.807) is 6.07 Å². The summed E-state index contributed by atoms with van der Waals surface area (Å²) in [6, 6.07) is 15.2. The Morgan fingerprint density at radius 2 is 1.79 bits per heavy atom. The Hall–Kier alpha value is -3.32. The maximum Gasteiger partial charge on any atom is 0.287 e. The van der Waals surface area contributed by atoms with Crippen LogP contribution in [0.3, 0.4) is 0 Å². The summed E-state index contributed by atoms with van der Waals surface area (Å²) < 4.78 is 7.84. The number of carbonyl (C=O) groups is 2. The number of hydrogen-bond acceptors (Lipinski definition) is 4. The van der Waals surface area contributed by atoms with Gasteiger partial charge in [0.2, 0.25) is 0 Å². The lowest BCUT2D eigenvalue weighted by Gasteiger charge is -2.23. The van der Waals surface area contributed by atoms with Crippen molar-refractivity contribution in [1.29, 1.82) is 0 Å². The van der Waals surface area contributed by atoms with Crippen molar-refractivity contribution in [3.8, 4) is 0 Å². The molecule has 0 spiro atoms. The Morgan fingerprint density at radius 3 is 2.48 bits per heavy atom. The van der Waals surface area contributed by atoms with Crippen LogP contribution in [-0.4, -0.2) is 59.9 Å². The predicted molar refractivity (Wildman–Crippen MR) is 129 cm³/mol. The normalized spacial score (nSPS) is 11.1. The SMILES string of the molecule is CCCN(Cc1cccn1Cc1ccc(C(=O)NCCN(C)C)o1)C(=O)c1ccc(C)cc1. The van der Waals surface area contributed by atoms with Crippen molar-refractivity contribution in [2.45, 2.75) is 33.4 Å². The first-order chi connectivity index (χ1) is 15.9. The van der Waals surface area contributed by atoms with E-state index in [-0.39, 0.29) is 11.8 Å². The van der Waals surface area contributed by atoms with Crippen LogP contribution in [0.1, 0.15) is 51.3 Å². The van der Waals surface area contributed by atoms with E-state index in [4.69, 9.17) is 4.42 Å². The zero-order valence-corrected chi connectivity index (χ0v) is 20.0. The second-order valence-corrected chi connectivity index (χ2v) is 8.55. The third-order valence-electron chi connectivity index (χ3n) is 5.41. The molecule has 0 bridgehead atoms. The summed E-state index contributed by atoms with van der Waals surface area (Å²) in [6.07, 6.45) is 2.85. The predicted octanol–water partition coefficient (Wildman–Crippen LogP) is 3.78. The van der Waals surface area contributed by atoms with Crippen LogP contribution in [0.4, 0.5) is 0 Å². The first-order valence-electron chi connectivity index (χ1n) is 11.4. The van der Waals surface area contributed by atoms with Crippen LogP contribution in [0.25, 0.3) is 0 Å². The third-order valence-corrected chi connectivity index (χ3v) is 5.41. The summed E-state index contributed by atoms with van der Waals surface area (Å²) in [6.45, 7) is 7.09. The molecule has 3 aromatic rings. The molecule has 0 aliphatic rings. The summed E-state index contributed by atoms with van der Waals surface area (Å²) >= 11 is 0. The lowest BCUT2D eigenvalue weighted by atomic mass is 10.1. The minimum atomic E-state index is -0.214. The van der Waals surface area contributed by atoms with E-state index in [1.165, 1.54) is 0 Å². The number of aryl methyl sites for hydroxylation is 1. The van der Waals surface area contributed by atoms with Gasteiger partial charge in [-0.25, -0.2) is 0 Å². The summed E-state index contributed by atoms with van der Waals surface area (Å²) in [5.41, 5.74) is 2.84. The lowest BCUT2D eigenvalue weighted by molar-refractivity contribution is 0.0739. The number of likely N-dealkylation sites (N-methyl/N-ethyl adjacent to an activating group) is 1. The van der Waals surface area contributed by atoms with Gasteiger partial charge in [0.15, 0.2) is 5.76 Å². The van der Waals surface area contributed by atoms with Crippen molar-refractivity contribution < 1.29 is 14.0 Å². The van der Waals surface area contributed by atoms with Crippen LogP contribution in [-0.2, 0) is 13.1 Å². The number of furan rings is 1. The summed E-state index contributed by atoms with van der Waals surface area (Å²) in [5.74, 6) is 0.810. The molecule has 0 fully saturated rings. The Bertz CT molecular complexity index is 1050. The van der Waals surface area contributed by atoms with Gasteiger partial charge < -0.3 is 24.1 Å². The fourth-order valence-corrected chi connectivity index (χ4v) is 3.58. The molecule has 176 valence electrons. The number of aromatic nitrogens is 1. The molecule has 3 rings (SSSR count). The molecular weight excluding hydrogens is 416 g/mol. The molecule has 2 aromatic heterocycles. The number of rotatable bonds is 11. The zero-order chi connectivity index (χ0) is 23.8. The van der Waals surface area contributed by atoms with Gasteiger partial charge in [-0.3, -0.25) is 9.59 Å². The Kier molecular flexibility index (Phi) is 8.49. The number of carbonyl (C=O) groups excluding carboxylic acids is 2. The van der Waals surface area contributed by atoms with Gasteiger partial charge in [-0.2, -0.15) is 0 Å². The molecule has 1 N–H and O–H groups in total. The fourth-order valence-electron chi connectivity index (χ4n) is 3.58. The average molecular weight is 451 g/mol.